The van der Waals surface area contributed by atoms with E-state index in [4.69, 9.17) is 0 Å². The van der Waals surface area contributed by atoms with Crippen LogP contribution in [0.2, 0.25) is 0 Å². The van der Waals surface area contributed by atoms with Gasteiger partial charge in [-0.15, -0.1) is 0 Å². The van der Waals surface area contributed by atoms with Crippen LogP contribution in [0.5, 0.6) is 5.75 Å². The van der Waals surface area contributed by atoms with Gasteiger partial charge in [0.15, 0.2) is 5.69 Å². The van der Waals surface area contributed by atoms with Gasteiger partial charge < -0.3 is 9.84 Å². The minimum absolute atomic E-state index is 0.0105. The Morgan fingerprint density at radius 1 is 1.11 bits per heavy atom. The molecule has 0 unspecified atom stereocenters. The van der Waals surface area contributed by atoms with E-state index in [-0.39, 0.29) is 22.7 Å². The lowest BCUT2D eigenvalue weighted by Crippen LogP contribution is -2.09. The molecule has 6 nitrogen and oxygen atoms in total. The predicted octanol–water partition coefficient (Wildman–Crippen LogP) is 1.20. The Balaban J connectivity index is 2.31. The SMILES string of the molecule is COC(=O)c1cnc(C(=O)c2ccccc2O)cn1. The molecular weight excluding hydrogens is 248 g/mol. The number of benzene rings is 1. The van der Waals surface area contributed by atoms with Crippen molar-refractivity contribution in [3.63, 3.8) is 0 Å². The zero-order valence-corrected chi connectivity index (χ0v) is 10.0. The fraction of sp³-hybridized carbons (Fsp3) is 0.0769. The van der Waals surface area contributed by atoms with Crippen LogP contribution in [0.3, 0.4) is 0 Å². The third kappa shape index (κ3) is 2.57. The number of ether oxygens (including phenoxy) is 1. The van der Waals surface area contributed by atoms with Gasteiger partial charge in [0.05, 0.1) is 25.1 Å². The summed E-state index contributed by atoms with van der Waals surface area (Å²) in [6.07, 6.45) is 2.32. The first-order valence-corrected chi connectivity index (χ1v) is 5.36. The van der Waals surface area contributed by atoms with Crippen LogP contribution < -0.4 is 0 Å². The number of esters is 1. The molecule has 0 bridgehead atoms. The van der Waals surface area contributed by atoms with Crippen molar-refractivity contribution in [3.8, 4) is 5.75 Å². The van der Waals surface area contributed by atoms with Gasteiger partial charge in [0.1, 0.15) is 11.4 Å². The summed E-state index contributed by atoms with van der Waals surface area (Å²) in [7, 11) is 1.23. The Labute approximate surface area is 108 Å². The number of aromatic nitrogens is 2. The van der Waals surface area contributed by atoms with E-state index in [1.807, 2.05) is 0 Å². The molecule has 1 aromatic heterocycles. The number of hydrogen-bond acceptors (Lipinski definition) is 6. The van der Waals surface area contributed by atoms with Crippen LogP contribution in [0.1, 0.15) is 26.5 Å². The molecule has 0 spiro atoms. The van der Waals surface area contributed by atoms with E-state index < -0.39 is 11.8 Å². The summed E-state index contributed by atoms with van der Waals surface area (Å²) in [5, 5.41) is 9.58. The van der Waals surface area contributed by atoms with Crippen LogP contribution in [-0.4, -0.2) is 33.9 Å². The summed E-state index contributed by atoms with van der Waals surface area (Å²) >= 11 is 0. The largest absolute Gasteiger partial charge is 0.507 e. The molecule has 0 saturated heterocycles. The number of methoxy groups -OCH3 is 1. The van der Waals surface area contributed by atoms with E-state index in [2.05, 4.69) is 14.7 Å². The summed E-state index contributed by atoms with van der Waals surface area (Å²) in [5.41, 5.74) is 0.174. The fourth-order valence-electron chi connectivity index (χ4n) is 1.46. The van der Waals surface area contributed by atoms with Gasteiger partial charge in [-0.2, -0.15) is 0 Å². The third-order valence-electron chi connectivity index (χ3n) is 2.43. The molecule has 1 N–H and O–H groups in total. The number of phenolic OH excluding ortho intramolecular Hbond substituents is 1. The van der Waals surface area contributed by atoms with E-state index in [0.29, 0.717) is 0 Å². The van der Waals surface area contributed by atoms with E-state index in [0.717, 1.165) is 6.20 Å². The minimum Gasteiger partial charge on any atom is -0.507 e. The number of phenols is 1. The number of rotatable bonds is 3. The Kier molecular flexibility index (Phi) is 3.51. The van der Waals surface area contributed by atoms with Gasteiger partial charge in [0.25, 0.3) is 0 Å². The number of aromatic hydroxyl groups is 1. The summed E-state index contributed by atoms with van der Waals surface area (Å²) in [6, 6.07) is 6.12. The molecule has 0 aliphatic heterocycles. The average Bonchev–Trinajstić information content (AvgIpc) is 2.46. The lowest BCUT2D eigenvalue weighted by Gasteiger charge is -2.03. The summed E-state index contributed by atoms with van der Waals surface area (Å²) in [4.78, 5) is 30.8. The molecule has 19 heavy (non-hydrogen) atoms. The average molecular weight is 258 g/mol. The molecule has 0 radical (unpaired) electrons. The molecule has 0 amide bonds. The van der Waals surface area contributed by atoms with Crippen LogP contribution in [-0.2, 0) is 4.74 Å². The molecule has 6 heteroatoms. The second kappa shape index (κ2) is 5.26. The number of hydrogen-bond donors (Lipinski definition) is 1. The predicted molar refractivity (Wildman–Crippen MR) is 64.9 cm³/mol. The molecule has 96 valence electrons. The van der Waals surface area contributed by atoms with E-state index >= 15 is 0 Å². The highest BCUT2D eigenvalue weighted by molar-refractivity contribution is 6.09. The minimum atomic E-state index is -0.631. The lowest BCUT2D eigenvalue weighted by molar-refractivity contribution is 0.0593. The second-order valence-corrected chi connectivity index (χ2v) is 3.62. The van der Waals surface area contributed by atoms with Crippen molar-refractivity contribution < 1.29 is 19.4 Å². The number of nitrogens with zero attached hydrogens (tertiary/aromatic N) is 2. The quantitative estimate of drug-likeness (QED) is 0.657. The third-order valence-corrected chi connectivity index (χ3v) is 2.43. The zero-order chi connectivity index (χ0) is 13.8. The van der Waals surface area contributed by atoms with E-state index in [9.17, 15) is 14.7 Å². The maximum Gasteiger partial charge on any atom is 0.358 e. The summed E-state index contributed by atoms with van der Waals surface area (Å²) in [5.74, 6) is -1.23. The van der Waals surface area contributed by atoms with Crippen molar-refractivity contribution in [1.29, 1.82) is 0 Å². The van der Waals surface area contributed by atoms with Crippen molar-refractivity contribution in [2.45, 2.75) is 0 Å². The molecule has 0 saturated carbocycles. The molecule has 0 atom stereocenters. The Morgan fingerprint density at radius 3 is 2.32 bits per heavy atom. The van der Waals surface area contributed by atoms with Crippen LogP contribution in [0.25, 0.3) is 0 Å². The highest BCUT2D eigenvalue weighted by Crippen LogP contribution is 2.18. The normalized spacial score (nSPS) is 9.95. The van der Waals surface area contributed by atoms with Crippen molar-refractivity contribution in [2.75, 3.05) is 7.11 Å². The van der Waals surface area contributed by atoms with E-state index in [1.165, 1.54) is 25.4 Å². The number of ketones is 1. The summed E-state index contributed by atoms with van der Waals surface area (Å²) in [6.45, 7) is 0. The van der Waals surface area contributed by atoms with Gasteiger partial charge in [0, 0.05) is 0 Å². The molecule has 1 aromatic carbocycles. The fourth-order valence-corrected chi connectivity index (χ4v) is 1.46. The van der Waals surface area contributed by atoms with Crippen molar-refractivity contribution in [3.05, 3.63) is 53.6 Å². The van der Waals surface area contributed by atoms with Gasteiger partial charge >= 0.3 is 5.97 Å². The Bertz CT molecular complexity index is 623. The highest BCUT2D eigenvalue weighted by Gasteiger charge is 2.16. The Morgan fingerprint density at radius 2 is 1.74 bits per heavy atom. The molecule has 2 rings (SSSR count). The summed E-state index contributed by atoms with van der Waals surface area (Å²) < 4.78 is 4.47. The van der Waals surface area contributed by atoms with Gasteiger partial charge in [-0.05, 0) is 12.1 Å². The second-order valence-electron chi connectivity index (χ2n) is 3.62. The van der Waals surface area contributed by atoms with Crippen LogP contribution >= 0.6 is 0 Å². The maximum absolute atomic E-state index is 12.0. The molecular formula is C13H10N2O4. The van der Waals surface area contributed by atoms with Crippen molar-refractivity contribution in [2.24, 2.45) is 0 Å². The van der Waals surface area contributed by atoms with Crippen LogP contribution in [0.15, 0.2) is 36.7 Å². The number of carbonyl (C=O) groups excluding carboxylic acids is 2. The van der Waals surface area contributed by atoms with Crippen molar-refractivity contribution in [1.82, 2.24) is 9.97 Å². The molecule has 0 aliphatic rings. The smallest absolute Gasteiger partial charge is 0.358 e. The van der Waals surface area contributed by atoms with Gasteiger partial charge in [-0.3, -0.25) is 4.79 Å². The maximum atomic E-state index is 12.0. The van der Waals surface area contributed by atoms with Crippen LogP contribution in [0, 0.1) is 0 Å². The first-order valence-electron chi connectivity index (χ1n) is 5.36. The molecule has 0 aliphatic carbocycles. The first-order chi connectivity index (χ1) is 9.13. The molecule has 0 fully saturated rings. The molecule has 2 aromatic rings. The molecule has 1 heterocycles. The van der Waals surface area contributed by atoms with E-state index in [1.54, 1.807) is 12.1 Å². The lowest BCUT2D eigenvalue weighted by atomic mass is 10.1. The number of carbonyl (C=O) groups is 2. The van der Waals surface area contributed by atoms with Crippen molar-refractivity contribution >= 4 is 11.8 Å². The number of para-hydroxylation sites is 1. The van der Waals surface area contributed by atoms with Gasteiger partial charge in [-0.1, -0.05) is 12.1 Å². The van der Waals surface area contributed by atoms with Gasteiger partial charge in [-0.25, -0.2) is 14.8 Å². The Hall–Kier alpha value is -2.76. The van der Waals surface area contributed by atoms with Crippen LogP contribution in [0.4, 0.5) is 0 Å². The standard InChI is InChI=1S/C13H10N2O4/c1-19-13(18)10-7-14-9(6-15-10)12(17)8-4-2-3-5-11(8)16/h2-7,16H,1H3. The van der Waals surface area contributed by atoms with Gasteiger partial charge in [0.2, 0.25) is 5.78 Å². The monoisotopic (exact) mass is 258 g/mol. The zero-order valence-electron chi connectivity index (χ0n) is 10.0. The highest BCUT2D eigenvalue weighted by atomic mass is 16.5. The topological polar surface area (TPSA) is 89.4 Å². The first kappa shape index (κ1) is 12.7.